The minimum Gasteiger partial charge on any atom is -0.313 e. The van der Waals surface area contributed by atoms with Crippen LogP contribution < -0.4 is 5.32 Å². The summed E-state index contributed by atoms with van der Waals surface area (Å²) in [6.45, 7) is 8.57. The molecule has 2 heteroatoms. The maximum absolute atomic E-state index is 3.89. The number of hydrogen-bond donors (Lipinski definition) is 1. The van der Waals surface area contributed by atoms with E-state index in [1.807, 2.05) is 0 Å². The fourth-order valence-corrected chi connectivity index (χ4v) is 4.31. The molecule has 0 amide bonds. The van der Waals surface area contributed by atoms with E-state index in [-0.39, 0.29) is 0 Å². The molecular formula is C15H28N2. The van der Waals surface area contributed by atoms with Gasteiger partial charge >= 0.3 is 0 Å². The highest BCUT2D eigenvalue weighted by Gasteiger charge is 2.39. The second kappa shape index (κ2) is 4.89. The Morgan fingerprint density at radius 1 is 1.18 bits per heavy atom. The number of likely N-dealkylation sites (tertiary alicyclic amines) is 1. The molecule has 0 aromatic rings. The van der Waals surface area contributed by atoms with Crippen molar-refractivity contribution in [1.29, 1.82) is 0 Å². The Labute approximate surface area is 106 Å². The van der Waals surface area contributed by atoms with E-state index in [2.05, 4.69) is 24.1 Å². The summed E-state index contributed by atoms with van der Waals surface area (Å²) in [5.41, 5.74) is 0. The van der Waals surface area contributed by atoms with Gasteiger partial charge in [0, 0.05) is 18.6 Å². The first-order valence-corrected chi connectivity index (χ1v) is 7.70. The van der Waals surface area contributed by atoms with Gasteiger partial charge in [-0.25, -0.2) is 0 Å². The van der Waals surface area contributed by atoms with E-state index >= 15 is 0 Å². The van der Waals surface area contributed by atoms with Crippen molar-refractivity contribution in [2.45, 2.75) is 58.0 Å². The van der Waals surface area contributed by atoms with E-state index in [0.29, 0.717) is 0 Å². The summed E-state index contributed by atoms with van der Waals surface area (Å²) in [7, 11) is 0. The molecule has 1 N–H and O–H groups in total. The first kappa shape index (κ1) is 12.0. The Morgan fingerprint density at radius 3 is 2.65 bits per heavy atom. The van der Waals surface area contributed by atoms with Gasteiger partial charge in [0.25, 0.3) is 0 Å². The predicted molar refractivity (Wildman–Crippen MR) is 72.1 cm³/mol. The van der Waals surface area contributed by atoms with Crippen LogP contribution in [0.25, 0.3) is 0 Å². The van der Waals surface area contributed by atoms with Gasteiger partial charge in [-0.15, -0.1) is 0 Å². The normalized spacial score (nSPS) is 41.8. The van der Waals surface area contributed by atoms with E-state index in [0.717, 1.165) is 29.8 Å². The van der Waals surface area contributed by atoms with Crippen molar-refractivity contribution in [2.75, 3.05) is 19.6 Å². The maximum atomic E-state index is 3.89. The smallest absolute Gasteiger partial charge is 0.00981 e. The maximum Gasteiger partial charge on any atom is 0.00981 e. The first-order valence-electron chi connectivity index (χ1n) is 7.70. The van der Waals surface area contributed by atoms with E-state index in [9.17, 15) is 0 Å². The van der Waals surface area contributed by atoms with Crippen LogP contribution in [-0.2, 0) is 0 Å². The molecule has 4 atom stereocenters. The summed E-state index contributed by atoms with van der Waals surface area (Å²) in [5, 5.41) is 3.89. The third-order valence-corrected chi connectivity index (χ3v) is 5.45. The monoisotopic (exact) mass is 236 g/mol. The third-order valence-electron chi connectivity index (χ3n) is 5.45. The van der Waals surface area contributed by atoms with Gasteiger partial charge in [0.05, 0.1) is 0 Å². The number of nitrogens with zero attached hydrogens (tertiary/aromatic N) is 1. The highest BCUT2D eigenvalue weighted by molar-refractivity contribution is 4.94. The molecule has 0 spiro atoms. The highest BCUT2D eigenvalue weighted by atomic mass is 15.2. The fraction of sp³-hybridized carbons (Fsp3) is 1.00. The Bertz CT molecular complexity index is 264. The summed E-state index contributed by atoms with van der Waals surface area (Å²) in [4.78, 5) is 2.63. The summed E-state index contributed by atoms with van der Waals surface area (Å²) in [6.07, 6.45) is 7.44. The van der Waals surface area contributed by atoms with Crippen LogP contribution in [0.2, 0.25) is 0 Å². The number of nitrogens with one attached hydrogen (secondary N) is 1. The van der Waals surface area contributed by atoms with E-state index < -0.39 is 0 Å². The van der Waals surface area contributed by atoms with Gasteiger partial charge < -0.3 is 10.2 Å². The molecule has 4 unspecified atom stereocenters. The predicted octanol–water partition coefficient (Wildman–Crippen LogP) is 2.49. The zero-order chi connectivity index (χ0) is 11.8. The van der Waals surface area contributed by atoms with Crippen molar-refractivity contribution in [3.8, 4) is 0 Å². The molecule has 0 radical (unpaired) electrons. The fourth-order valence-electron chi connectivity index (χ4n) is 4.31. The largest absolute Gasteiger partial charge is 0.313 e. The molecule has 3 rings (SSSR count). The minimum absolute atomic E-state index is 0.738. The van der Waals surface area contributed by atoms with Gasteiger partial charge in [-0.1, -0.05) is 6.42 Å². The van der Waals surface area contributed by atoms with Crippen LogP contribution in [0.3, 0.4) is 0 Å². The molecule has 1 heterocycles. The van der Waals surface area contributed by atoms with Crippen molar-refractivity contribution in [3.63, 3.8) is 0 Å². The van der Waals surface area contributed by atoms with Crippen LogP contribution in [-0.4, -0.2) is 36.6 Å². The first-order chi connectivity index (χ1) is 8.22. The number of rotatable bonds is 4. The molecule has 3 aliphatic rings. The van der Waals surface area contributed by atoms with Crippen LogP contribution in [0.4, 0.5) is 0 Å². The van der Waals surface area contributed by atoms with Crippen molar-refractivity contribution in [2.24, 2.45) is 17.8 Å². The Morgan fingerprint density at radius 2 is 2.06 bits per heavy atom. The second-order valence-electron chi connectivity index (χ2n) is 6.93. The van der Waals surface area contributed by atoms with Gasteiger partial charge in [0.2, 0.25) is 0 Å². The standard InChI is InChI=1S/C15H28N2/c1-11(2)17-6-5-13(10-17)9-16-15-8-12-3-4-14(15)7-12/h11-16H,3-10H2,1-2H3. The average molecular weight is 236 g/mol. The quantitative estimate of drug-likeness (QED) is 0.807. The average Bonchev–Trinajstić information content (AvgIpc) is 3.02. The van der Waals surface area contributed by atoms with Gasteiger partial charge in [-0.2, -0.15) is 0 Å². The summed E-state index contributed by atoms with van der Waals surface area (Å²) in [6, 6.07) is 1.62. The lowest BCUT2D eigenvalue weighted by Crippen LogP contribution is -2.38. The number of hydrogen-bond acceptors (Lipinski definition) is 2. The third kappa shape index (κ3) is 2.53. The van der Waals surface area contributed by atoms with Gasteiger partial charge in [-0.05, 0) is 70.4 Å². The van der Waals surface area contributed by atoms with Crippen LogP contribution >= 0.6 is 0 Å². The molecule has 2 bridgehead atoms. The van der Waals surface area contributed by atoms with Crippen LogP contribution in [0, 0.1) is 17.8 Å². The van der Waals surface area contributed by atoms with Crippen LogP contribution in [0.1, 0.15) is 46.0 Å². The van der Waals surface area contributed by atoms with Crippen molar-refractivity contribution < 1.29 is 0 Å². The van der Waals surface area contributed by atoms with Crippen molar-refractivity contribution >= 4 is 0 Å². The highest BCUT2D eigenvalue weighted by Crippen LogP contribution is 2.44. The molecule has 2 aliphatic carbocycles. The summed E-state index contributed by atoms with van der Waals surface area (Å²) >= 11 is 0. The lowest BCUT2D eigenvalue weighted by atomic mass is 9.95. The Balaban J connectivity index is 1.41. The van der Waals surface area contributed by atoms with E-state index in [4.69, 9.17) is 0 Å². The Kier molecular flexibility index (Phi) is 3.45. The molecule has 98 valence electrons. The van der Waals surface area contributed by atoms with Crippen LogP contribution in [0.5, 0.6) is 0 Å². The zero-order valence-electron chi connectivity index (χ0n) is 11.5. The van der Waals surface area contributed by atoms with Crippen molar-refractivity contribution in [3.05, 3.63) is 0 Å². The van der Waals surface area contributed by atoms with E-state index in [1.165, 1.54) is 51.7 Å². The second-order valence-corrected chi connectivity index (χ2v) is 6.93. The van der Waals surface area contributed by atoms with Gasteiger partial charge in [0.1, 0.15) is 0 Å². The molecule has 3 fully saturated rings. The molecule has 0 aromatic carbocycles. The Hall–Kier alpha value is -0.0800. The lowest BCUT2D eigenvalue weighted by molar-refractivity contribution is 0.259. The topological polar surface area (TPSA) is 15.3 Å². The van der Waals surface area contributed by atoms with Gasteiger partial charge in [0.15, 0.2) is 0 Å². The zero-order valence-corrected chi connectivity index (χ0v) is 11.5. The van der Waals surface area contributed by atoms with Crippen LogP contribution in [0.15, 0.2) is 0 Å². The lowest BCUT2D eigenvalue weighted by Gasteiger charge is -2.25. The summed E-state index contributed by atoms with van der Waals surface area (Å²) in [5.74, 6) is 3.02. The van der Waals surface area contributed by atoms with E-state index in [1.54, 1.807) is 0 Å². The molecular weight excluding hydrogens is 208 g/mol. The van der Waals surface area contributed by atoms with Crippen molar-refractivity contribution in [1.82, 2.24) is 10.2 Å². The minimum atomic E-state index is 0.738. The molecule has 1 aliphatic heterocycles. The molecule has 0 aromatic heterocycles. The number of fused-ring (bicyclic) bond motifs is 2. The molecule has 2 saturated carbocycles. The van der Waals surface area contributed by atoms with Gasteiger partial charge in [-0.3, -0.25) is 0 Å². The molecule has 17 heavy (non-hydrogen) atoms. The molecule has 1 saturated heterocycles. The SMILES string of the molecule is CC(C)N1CCC(CNC2CC3CCC2C3)C1. The summed E-state index contributed by atoms with van der Waals surface area (Å²) < 4.78 is 0. The molecule has 2 nitrogen and oxygen atoms in total.